The zero-order valence-electron chi connectivity index (χ0n) is 23.3. The van der Waals surface area contributed by atoms with Gasteiger partial charge < -0.3 is 0 Å². The molecule has 1 saturated heterocycles. The summed E-state index contributed by atoms with van der Waals surface area (Å²) in [5, 5.41) is 0. The molecule has 194 valence electrons. The quantitative estimate of drug-likeness (QED) is 0.220. The fourth-order valence-corrected chi connectivity index (χ4v) is 24.1. The normalized spacial score (nSPS) is 19.1. The Balaban J connectivity index is 2.53. The van der Waals surface area contributed by atoms with Crippen molar-refractivity contribution < 1.29 is 14.3 Å². The average molecular weight is 580 g/mol. The third-order valence-electron chi connectivity index (χ3n) is 7.80. The minimum atomic E-state index is -2.94. The zero-order valence-corrected chi connectivity index (χ0v) is 26.1. The first-order chi connectivity index (χ1) is 16.0. The third kappa shape index (κ3) is 7.15. The fourth-order valence-electron chi connectivity index (χ4n) is 5.92. The van der Waals surface area contributed by atoms with Gasteiger partial charge in [0.1, 0.15) is 0 Å². The van der Waals surface area contributed by atoms with Gasteiger partial charge in [-0.25, -0.2) is 0 Å². The van der Waals surface area contributed by atoms with Gasteiger partial charge >= 0.3 is 215 Å². The summed E-state index contributed by atoms with van der Waals surface area (Å²) in [5.41, 5.74) is 0.257. The van der Waals surface area contributed by atoms with Gasteiger partial charge in [0.15, 0.2) is 0 Å². The first-order valence-electron chi connectivity index (χ1n) is 13.7. The number of carbonyl (C=O) groups is 1. The van der Waals surface area contributed by atoms with Crippen molar-refractivity contribution in [3.8, 4) is 0 Å². The Labute approximate surface area is 214 Å². The molecule has 0 unspecified atom stereocenters. The molecule has 0 aromatic heterocycles. The van der Waals surface area contributed by atoms with E-state index in [0.29, 0.717) is 6.61 Å². The molecule has 0 spiro atoms. The number of rotatable bonds is 13. The summed E-state index contributed by atoms with van der Waals surface area (Å²) in [7, 11) is 0. The van der Waals surface area contributed by atoms with Gasteiger partial charge in [-0.3, -0.25) is 0 Å². The van der Waals surface area contributed by atoms with Crippen molar-refractivity contribution in [2.45, 2.75) is 129 Å². The van der Waals surface area contributed by atoms with Crippen LogP contribution in [0.5, 0.6) is 0 Å². The number of hydrogen-bond donors (Lipinski definition) is 0. The predicted molar refractivity (Wildman–Crippen MR) is 146 cm³/mol. The molecule has 5 heteroatoms. The fraction of sp³-hybridized carbons (Fsp3) is 0.759. The van der Waals surface area contributed by atoms with Crippen LogP contribution >= 0.6 is 0 Å². The summed E-state index contributed by atoms with van der Waals surface area (Å²) >= 11 is -2.94. The molecule has 0 saturated carbocycles. The van der Waals surface area contributed by atoms with Crippen LogP contribution in [0.2, 0.25) is 13.3 Å². The summed E-state index contributed by atoms with van der Waals surface area (Å²) in [6, 6.07) is 10.7. The van der Waals surface area contributed by atoms with Crippen LogP contribution in [0, 0.1) is 0 Å². The van der Waals surface area contributed by atoms with E-state index < -0.39 is 24.1 Å². The Morgan fingerprint density at radius 2 is 1.47 bits per heavy atom. The van der Waals surface area contributed by atoms with E-state index in [1.54, 1.807) is 0 Å². The van der Waals surface area contributed by atoms with Crippen molar-refractivity contribution in [1.29, 1.82) is 0 Å². The Morgan fingerprint density at radius 1 is 0.971 bits per heavy atom. The number of ether oxygens (including phenoxy) is 2. The molecule has 2 rings (SSSR count). The van der Waals surface area contributed by atoms with E-state index in [9.17, 15) is 4.79 Å². The topological polar surface area (TPSA) is 38.8 Å². The second-order valence-corrected chi connectivity index (χ2v) is 25.2. The summed E-state index contributed by atoms with van der Waals surface area (Å²) in [6.45, 7) is 17.9. The van der Waals surface area contributed by atoms with Gasteiger partial charge in [0.2, 0.25) is 0 Å². The van der Waals surface area contributed by atoms with Gasteiger partial charge in [-0.2, -0.15) is 0 Å². The van der Waals surface area contributed by atoms with Crippen molar-refractivity contribution in [3.05, 3.63) is 35.9 Å². The van der Waals surface area contributed by atoms with Crippen LogP contribution in [0.15, 0.2) is 30.3 Å². The molecule has 1 amide bonds. The van der Waals surface area contributed by atoms with Gasteiger partial charge in [-0.05, 0) is 0 Å². The third-order valence-corrected chi connectivity index (χ3v) is 24.6. The summed E-state index contributed by atoms with van der Waals surface area (Å²) < 4.78 is 16.8. The molecule has 0 bridgehead atoms. The molecule has 2 atom stereocenters. The molecule has 1 aliphatic rings. The molecule has 1 aromatic carbocycles. The van der Waals surface area contributed by atoms with Gasteiger partial charge in [-0.15, -0.1) is 0 Å². The van der Waals surface area contributed by atoms with Crippen LogP contribution in [-0.4, -0.2) is 51.4 Å². The van der Waals surface area contributed by atoms with Crippen molar-refractivity contribution in [2.24, 2.45) is 0 Å². The monoisotopic (exact) mass is 581 g/mol. The van der Waals surface area contributed by atoms with E-state index in [4.69, 9.17) is 9.47 Å². The molecule has 1 fully saturated rings. The molecular formula is C29H51NO3Sn. The zero-order chi connectivity index (χ0) is 25.4. The van der Waals surface area contributed by atoms with Crippen molar-refractivity contribution in [2.75, 3.05) is 6.61 Å². The number of benzene rings is 1. The Hall–Kier alpha value is -0.751. The summed E-state index contributed by atoms with van der Waals surface area (Å²) in [5.74, 6) is 0.210. The van der Waals surface area contributed by atoms with Crippen LogP contribution in [0.3, 0.4) is 0 Å². The summed E-state index contributed by atoms with van der Waals surface area (Å²) in [4.78, 5) is 15.8. The van der Waals surface area contributed by atoms with Gasteiger partial charge in [0.25, 0.3) is 0 Å². The van der Waals surface area contributed by atoms with Crippen LogP contribution in [-0.2, 0) is 9.47 Å². The van der Waals surface area contributed by atoms with E-state index in [1.165, 1.54) is 57.4 Å². The first-order valence-corrected chi connectivity index (χ1v) is 21.4. The SMILES string of the molecule is CCC[CH2][Sn]([CH2]CCC)([CH2]CCC)[C@H](OC(=O)N1C(C)(C)COC1(C)C)[C@@H](C)c1ccccc1. The average Bonchev–Trinajstić information content (AvgIpc) is 3.04. The number of carbonyl (C=O) groups excluding carboxylic acids is 1. The number of nitrogens with zero attached hydrogens (tertiary/aromatic N) is 1. The van der Waals surface area contributed by atoms with E-state index >= 15 is 0 Å². The Bertz CT molecular complexity index is 711. The molecule has 1 aliphatic heterocycles. The van der Waals surface area contributed by atoms with E-state index in [0.717, 1.165) is 0 Å². The van der Waals surface area contributed by atoms with Crippen molar-refractivity contribution >= 4 is 24.5 Å². The maximum absolute atomic E-state index is 13.9. The predicted octanol–water partition coefficient (Wildman–Crippen LogP) is 8.53. The molecule has 0 aliphatic carbocycles. The van der Waals surface area contributed by atoms with Crippen LogP contribution in [0.25, 0.3) is 0 Å². The number of amides is 1. The number of unbranched alkanes of at least 4 members (excludes halogenated alkanes) is 3. The first kappa shape index (κ1) is 29.5. The summed E-state index contributed by atoms with van der Waals surface area (Å²) in [6.07, 6.45) is 7.19. The number of hydrogen-bond acceptors (Lipinski definition) is 3. The second-order valence-electron chi connectivity index (χ2n) is 11.6. The van der Waals surface area contributed by atoms with Gasteiger partial charge in [0.05, 0.1) is 0 Å². The van der Waals surface area contributed by atoms with Crippen molar-refractivity contribution in [1.82, 2.24) is 4.90 Å². The maximum atomic E-state index is 13.9. The molecular weight excluding hydrogens is 529 g/mol. The minimum absolute atomic E-state index is 0.0287. The van der Waals surface area contributed by atoms with Gasteiger partial charge in [-0.1, -0.05) is 0 Å². The van der Waals surface area contributed by atoms with Crippen LogP contribution < -0.4 is 0 Å². The second kappa shape index (κ2) is 13.0. The molecule has 1 heterocycles. The molecule has 0 N–H and O–H groups in total. The standard InChI is InChI=1S/C17H24NO3.3C4H9.Sn/c1-13(14-9-7-6-8-10-14)11-20-15(19)18-16(2,3)12-21-17(18,4)5;3*1-3-4-2;/h6-11,13H,12H2,1-5H3;3*1,3-4H2,2H3;/t13-;;;;/m1..../s1. The molecule has 0 radical (unpaired) electrons. The molecule has 4 nitrogen and oxygen atoms in total. The van der Waals surface area contributed by atoms with E-state index in [2.05, 4.69) is 71.9 Å². The van der Waals surface area contributed by atoms with E-state index in [1.807, 2.05) is 18.7 Å². The van der Waals surface area contributed by atoms with Crippen LogP contribution in [0.4, 0.5) is 4.79 Å². The van der Waals surface area contributed by atoms with Crippen molar-refractivity contribution in [3.63, 3.8) is 0 Å². The Morgan fingerprint density at radius 3 is 1.88 bits per heavy atom. The molecule has 1 aromatic rings. The Kier molecular flexibility index (Phi) is 11.3. The molecule has 34 heavy (non-hydrogen) atoms. The van der Waals surface area contributed by atoms with Gasteiger partial charge in [0, 0.05) is 0 Å². The van der Waals surface area contributed by atoms with Crippen LogP contribution in [0.1, 0.15) is 105 Å². The van der Waals surface area contributed by atoms with E-state index in [-0.39, 0.29) is 21.7 Å².